The van der Waals surface area contributed by atoms with E-state index in [4.69, 9.17) is 16.3 Å². The van der Waals surface area contributed by atoms with Crippen molar-refractivity contribution in [2.75, 3.05) is 36.5 Å². The molecule has 1 aliphatic heterocycles. The number of aromatic nitrogens is 3. The normalized spacial score (nSPS) is 14.2. The highest BCUT2D eigenvalue weighted by atomic mass is 35.5. The van der Waals surface area contributed by atoms with E-state index < -0.39 is 0 Å². The fraction of sp³-hybridized carbons (Fsp3) is 0.292. The van der Waals surface area contributed by atoms with Crippen LogP contribution < -0.4 is 10.2 Å². The molecule has 1 saturated heterocycles. The first-order valence-electron chi connectivity index (χ1n) is 10.6. The molecule has 1 amide bonds. The van der Waals surface area contributed by atoms with Gasteiger partial charge in [0.15, 0.2) is 5.82 Å². The molecule has 7 nitrogen and oxygen atoms in total. The van der Waals surface area contributed by atoms with Crippen molar-refractivity contribution in [3.63, 3.8) is 0 Å². The van der Waals surface area contributed by atoms with Crippen LogP contribution in [0.1, 0.15) is 22.5 Å². The van der Waals surface area contributed by atoms with Crippen molar-refractivity contribution >= 4 is 35.1 Å². The van der Waals surface area contributed by atoms with Gasteiger partial charge in [-0.3, -0.25) is 9.48 Å². The zero-order valence-corrected chi connectivity index (χ0v) is 19.0. The molecule has 0 aliphatic carbocycles. The van der Waals surface area contributed by atoms with Crippen LogP contribution in [-0.4, -0.2) is 47.0 Å². The number of amides is 1. The predicted molar refractivity (Wildman–Crippen MR) is 127 cm³/mol. The summed E-state index contributed by atoms with van der Waals surface area (Å²) in [5.41, 5.74) is 4.44. The summed E-state index contributed by atoms with van der Waals surface area (Å²) in [5.74, 6) is 0.544. The van der Waals surface area contributed by atoms with Gasteiger partial charge in [-0.1, -0.05) is 29.8 Å². The number of halogens is 1. The first-order chi connectivity index (χ1) is 15.5. The van der Waals surface area contributed by atoms with Gasteiger partial charge in [0.25, 0.3) is 0 Å². The van der Waals surface area contributed by atoms with E-state index >= 15 is 0 Å². The predicted octanol–water partition coefficient (Wildman–Crippen LogP) is 4.09. The van der Waals surface area contributed by atoms with Crippen LogP contribution in [0.25, 0.3) is 6.08 Å². The largest absolute Gasteiger partial charge is 0.378 e. The van der Waals surface area contributed by atoms with E-state index in [1.807, 2.05) is 54.9 Å². The van der Waals surface area contributed by atoms with E-state index in [1.165, 1.54) is 6.08 Å². The molecule has 0 bridgehead atoms. The van der Waals surface area contributed by atoms with Crippen LogP contribution in [-0.2, 0) is 16.1 Å². The van der Waals surface area contributed by atoms with Crippen LogP contribution >= 0.6 is 11.6 Å². The maximum Gasteiger partial charge on any atom is 0.248 e. The molecule has 1 N–H and O–H groups in total. The van der Waals surface area contributed by atoms with E-state index in [-0.39, 0.29) is 5.91 Å². The minimum absolute atomic E-state index is 0.217. The first-order valence-corrected chi connectivity index (χ1v) is 10.9. The Bertz CT molecular complexity index is 1140. The third-order valence-electron chi connectivity index (χ3n) is 5.47. The summed E-state index contributed by atoms with van der Waals surface area (Å²) < 4.78 is 7.32. The van der Waals surface area contributed by atoms with E-state index in [0.29, 0.717) is 30.5 Å². The summed E-state index contributed by atoms with van der Waals surface area (Å²) >= 11 is 6.30. The highest BCUT2D eigenvalue weighted by molar-refractivity contribution is 6.31. The molecule has 0 radical (unpaired) electrons. The van der Waals surface area contributed by atoms with Gasteiger partial charge in [0, 0.05) is 41.6 Å². The summed E-state index contributed by atoms with van der Waals surface area (Å²) in [7, 11) is 0. The number of aryl methyl sites for hydroxylation is 1. The Kier molecular flexibility index (Phi) is 6.87. The number of pyridine rings is 1. The number of hydrogen-bond acceptors (Lipinski definition) is 5. The summed E-state index contributed by atoms with van der Waals surface area (Å²) in [6, 6.07) is 11.4. The third kappa shape index (κ3) is 5.00. The summed E-state index contributed by atoms with van der Waals surface area (Å²) in [6.07, 6.45) is 5.07. The van der Waals surface area contributed by atoms with Crippen molar-refractivity contribution < 1.29 is 9.53 Å². The number of rotatable bonds is 6. The minimum Gasteiger partial charge on any atom is -0.378 e. The first kappa shape index (κ1) is 22.0. The molecule has 32 heavy (non-hydrogen) atoms. The molecule has 0 saturated carbocycles. The van der Waals surface area contributed by atoms with Crippen LogP contribution in [0, 0.1) is 13.8 Å². The lowest BCUT2D eigenvalue weighted by molar-refractivity contribution is -0.111. The number of anilines is 2. The molecule has 4 rings (SSSR count). The van der Waals surface area contributed by atoms with E-state index in [2.05, 4.69) is 20.3 Å². The average Bonchev–Trinajstić information content (AvgIpc) is 3.07. The van der Waals surface area contributed by atoms with Gasteiger partial charge >= 0.3 is 0 Å². The van der Waals surface area contributed by atoms with Crippen molar-refractivity contribution in [2.45, 2.75) is 20.4 Å². The highest BCUT2D eigenvalue weighted by Crippen LogP contribution is 2.24. The third-order valence-corrected chi connectivity index (χ3v) is 5.84. The molecule has 1 aliphatic rings. The Morgan fingerprint density at radius 2 is 1.97 bits per heavy atom. The van der Waals surface area contributed by atoms with Crippen LogP contribution in [0.3, 0.4) is 0 Å². The summed E-state index contributed by atoms with van der Waals surface area (Å²) in [4.78, 5) is 19.3. The second-order valence-corrected chi connectivity index (χ2v) is 8.04. The lowest BCUT2D eigenvalue weighted by Gasteiger charge is -2.29. The molecule has 3 aromatic rings. The molecule has 8 heteroatoms. The molecule has 2 aromatic heterocycles. The van der Waals surface area contributed by atoms with Crippen LogP contribution in [0.5, 0.6) is 0 Å². The Morgan fingerprint density at radius 1 is 1.19 bits per heavy atom. The minimum atomic E-state index is -0.217. The Hall–Kier alpha value is -3.16. The summed E-state index contributed by atoms with van der Waals surface area (Å²) in [6.45, 7) is 7.31. The number of hydrogen-bond donors (Lipinski definition) is 1. The van der Waals surface area contributed by atoms with Gasteiger partial charge < -0.3 is 15.0 Å². The standard InChI is InChI=1S/C24H26ClN5O2/c1-17-20(18(2)30(28-17)16-19-6-3-4-7-21(19)25)9-10-23(31)27-22-8-5-11-26-24(22)29-12-14-32-15-13-29/h3-11H,12-16H2,1-2H3,(H,27,31). The molecule has 1 fully saturated rings. The SMILES string of the molecule is Cc1nn(Cc2ccccc2Cl)c(C)c1C=CC(=O)Nc1cccnc1N1CCOCC1. The topological polar surface area (TPSA) is 72.3 Å². The number of benzene rings is 1. The molecule has 1 aromatic carbocycles. The van der Waals surface area contributed by atoms with Crippen molar-refractivity contribution in [3.8, 4) is 0 Å². The van der Waals surface area contributed by atoms with Crippen molar-refractivity contribution in [1.82, 2.24) is 14.8 Å². The molecular formula is C24H26ClN5O2. The van der Waals surface area contributed by atoms with E-state index in [1.54, 1.807) is 12.3 Å². The highest BCUT2D eigenvalue weighted by Gasteiger charge is 2.17. The monoisotopic (exact) mass is 451 g/mol. The smallest absolute Gasteiger partial charge is 0.248 e. The number of nitrogens with one attached hydrogen (secondary N) is 1. The molecule has 3 heterocycles. The lowest BCUT2D eigenvalue weighted by Crippen LogP contribution is -2.37. The zero-order valence-electron chi connectivity index (χ0n) is 18.2. The Balaban J connectivity index is 1.48. The van der Waals surface area contributed by atoms with E-state index in [9.17, 15) is 4.79 Å². The van der Waals surface area contributed by atoms with Crippen LogP contribution in [0.4, 0.5) is 11.5 Å². The van der Waals surface area contributed by atoms with Crippen LogP contribution in [0.2, 0.25) is 5.02 Å². The fourth-order valence-electron chi connectivity index (χ4n) is 3.75. The lowest BCUT2D eigenvalue weighted by atomic mass is 10.1. The Morgan fingerprint density at radius 3 is 2.75 bits per heavy atom. The van der Waals surface area contributed by atoms with Crippen molar-refractivity contribution in [3.05, 3.63) is 76.2 Å². The number of carbonyl (C=O) groups excluding carboxylic acids is 1. The van der Waals surface area contributed by atoms with Gasteiger partial charge in [-0.2, -0.15) is 5.10 Å². The second-order valence-electron chi connectivity index (χ2n) is 7.63. The summed E-state index contributed by atoms with van der Waals surface area (Å²) in [5, 5.41) is 8.30. The van der Waals surface area contributed by atoms with E-state index in [0.717, 1.165) is 41.4 Å². The Labute approximate surface area is 192 Å². The maximum atomic E-state index is 12.7. The second kappa shape index (κ2) is 9.97. The van der Waals surface area contributed by atoms with Gasteiger partial charge in [0.05, 0.1) is 31.1 Å². The molecule has 0 atom stereocenters. The van der Waals surface area contributed by atoms with Gasteiger partial charge in [-0.05, 0) is 43.7 Å². The fourth-order valence-corrected chi connectivity index (χ4v) is 3.94. The zero-order chi connectivity index (χ0) is 22.5. The maximum absolute atomic E-state index is 12.7. The van der Waals surface area contributed by atoms with Crippen molar-refractivity contribution in [1.29, 1.82) is 0 Å². The molecular weight excluding hydrogens is 426 g/mol. The number of morpholine rings is 1. The number of ether oxygens (including phenoxy) is 1. The van der Waals surface area contributed by atoms with Gasteiger partial charge in [-0.15, -0.1) is 0 Å². The number of carbonyl (C=O) groups is 1. The quantitative estimate of drug-likeness (QED) is 0.571. The van der Waals surface area contributed by atoms with Gasteiger partial charge in [-0.25, -0.2) is 4.98 Å². The van der Waals surface area contributed by atoms with Crippen molar-refractivity contribution in [2.24, 2.45) is 0 Å². The average molecular weight is 452 g/mol. The number of nitrogens with zero attached hydrogens (tertiary/aromatic N) is 4. The van der Waals surface area contributed by atoms with Crippen LogP contribution in [0.15, 0.2) is 48.7 Å². The molecule has 166 valence electrons. The van der Waals surface area contributed by atoms with Gasteiger partial charge in [0.1, 0.15) is 0 Å². The molecule has 0 spiro atoms. The molecule has 0 unspecified atom stereocenters. The van der Waals surface area contributed by atoms with Gasteiger partial charge in [0.2, 0.25) is 5.91 Å².